The summed E-state index contributed by atoms with van der Waals surface area (Å²) in [4.78, 5) is 40.5. The van der Waals surface area contributed by atoms with E-state index in [0.717, 1.165) is 17.8 Å². The molecule has 3 N–H and O–H groups in total. The van der Waals surface area contributed by atoms with Gasteiger partial charge >= 0.3 is 6.03 Å². The van der Waals surface area contributed by atoms with Gasteiger partial charge in [0.1, 0.15) is 5.82 Å². The third kappa shape index (κ3) is 4.00. The molecule has 0 saturated heterocycles. The predicted octanol–water partition coefficient (Wildman–Crippen LogP) is 2.85. The number of carbonyl (C=O) groups excluding carboxylic acids is 2. The van der Waals surface area contributed by atoms with Crippen molar-refractivity contribution in [3.05, 3.63) is 63.7 Å². The van der Waals surface area contributed by atoms with Crippen LogP contribution in [0.4, 0.5) is 9.18 Å². The zero-order chi connectivity index (χ0) is 20.4. The summed E-state index contributed by atoms with van der Waals surface area (Å²) in [5.74, 6) is -1.26. The monoisotopic (exact) mass is 420 g/mol. The van der Waals surface area contributed by atoms with Gasteiger partial charge in [-0.1, -0.05) is 35.5 Å². The standard InChI is InChI=1S/C18H14ClFN4O3S/c1-9(15(25)23-17(21)27)28-18-22-14-5-3-2-4-11(14)16(26)24(18)10-6-7-13(20)12(19)8-10/h2-9H,1H3,(H3,21,23,25,27)/t9-/m1/s1. The number of primary amides is 1. The number of hydrogen-bond acceptors (Lipinski definition) is 5. The third-order valence-corrected chi connectivity index (χ3v) is 5.15. The Labute approximate surface area is 167 Å². The topological polar surface area (TPSA) is 107 Å². The number of para-hydroxylation sites is 1. The zero-order valence-corrected chi connectivity index (χ0v) is 16.1. The molecule has 1 aromatic heterocycles. The maximum Gasteiger partial charge on any atom is 0.318 e. The highest BCUT2D eigenvalue weighted by Crippen LogP contribution is 2.26. The SMILES string of the molecule is C[C@@H](Sc1nc2ccccc2c(=O)n1-c1ccc(F)c(Cl)c1)C(=O)NC(N)=O. The number of amides is 3. The molecule has 0 aliphatic heterocycles. The molecule has 0 radical (unpaired) electrons. The molecule has 28 heavy (non-hydrogen) atoms. The van der Waals surface area contributed by atoms with E-state index >= 15 is 0 Å². The first-order chi connectivity index (χ1) is 13.3. The fourth-order valence-electron chi connectivity index (χ4n) is 2.48. The Morgan fingerprint density at radius 1 is 1.29 bits per heavy atom. The molecule has 0 saturated carbocycles. The molecular formula is C18H14ClFN4O3S. The van der Waals surface area contributed by atoms with Crippen molar-refractivity contribution >= 4 is 46.2 Å². The summed E-state index contributed by atoms with van der Waals surface area (Å²) in [5, 5.41) is 1.56. The van der Waals surface area contributed by atoms with Crippen LogP contribution in [0.3, 0.4) is 0 Å². The fourth-order valence-corrected chi connectivity index (χ4v) is 3.58. The molecule has 0 fully saturated rings. The number of fused-ring (bicyclic) bond motifs is 1. The molecule has 0 aliphatic carbocycles. The summed E-state index contributed by atoms with van der Waals surface area (Å²) in [5.41, 5.74) is 5.29. The Hall–Kier alpha value is -2.91. The quantitative estimate of drug-likeness (QED) is 0.498. The summed E-state index contributed by atoms with van der Waals surface area (Å²) in [6.07, 6.45) is 0. The van der Waals surface area contributed by atoms with Gasteiger partial charge in [-0.3, -0.25) is 19.5 Å². The highest BCUT2D eigenvalue weighted by molar-refractivity contribution is 8.00. The number of nitrogens with zero attached hydrogens (tertiary/aromatic N) is 2. The molecule has 3 aromatic rings. The van der Waals surface area contributed by atoms with Gasteiger partial charge in [0, 0.05) is 0 Å². The largest absolute Gasteiger partial charge is 0.351 e. The number of urea groups is 1. The summed E-state index contributed by atoms with van der Waals surface area (Å²) < 4.78 is 14.8. The average Bonchev–Trinajstić information content (AvgIpc) is 2.64. The van der Waals surface area contributed by atoms with E-state index in [4.69, 9.17) is 17.3 Å². The van der Waals surface area contributed by atoms with Gasteiger partial charge in [0.25, 0.3) is 5.56 Å². The van der Waals surface area contributed by atoms with E-state index in [1.807, 2.05) is 5.32 Å². The molecule has 0 bridgehead atoms. The molecular weight excluding hydrogens is 407 g/mol. The molecule has 0 aliphatic rings. The van der Waals surface area contributed by atoms with E-state index in [0.29, 0.717) is 16.6 Å². The molecule has 0 spiro atoms. The van der Waals surface area contributed by atoms with Gasteiger partial charge in [-0.2, -0.15) is 0 Å². The number of hydrogen-bond donors (Lipinski definition) is 2. The molecule has 3 rings (SSSR count). The van der Waals surface area contributed by atoms with Crippen molar-refractivity contribution < 1.29 is 14.0 Å². The van der Waals surface area contributed by atoms with Crippen LogP contribution in [-0.2, 0) is 4.79 Å². The number of rotatable bonds is 4. The molecule has 144 valence electrons. The number of carbonyl (C=O) groups is 2. The minimum atomic E-state index is -0.980. The number of imide groups is 1. The van der Waals surface area contributed by atoms with Crippen molar-refractivity contribution in [3.63, 3.8) is 0 Å². The van der Waals surface area contributed by atoms with Gasteiger partial charge in [-0.25, -0.2) is 14.2 Å². The van der Waals surface area contributed by atoms with Crippen LogP contribution in [0, 0.1) is 5.82 Å². The molecule has 2 aromatic carbocycles. The van der Waals surface area contributed by atoms with Crippen LogP contribution in [0.2, 0.25) is 5.02 Å². The van der Waals surface area contributed by atoms with Gasteiger partial charge in [-0.05, 0) is 37.3 Å². The van der Waals surface area contributed by atoms with Gasteiger partial charge in [0.15, 0.2) is 5.16 Å². The lowest BCUT2D eigenvalue weighted by molar-refractivity contribution is -0.119. The Morgan fingerprint density at radius 3 is 2.68 bits per heavy atom. The van der Waals surface area contributed by atoms with Crippen LogP contribution < -0.4 is 16.6 Å². The minimum Gasteiger partial charge on any atom is -0.351 e. The summed E-state index contributed by atoms with van der Waals surface area (Å²) in [7, 11) is 0. The van der Waals surface area contributed by atoms with Crippen molar-refractivity contribution in [1.82, 2.24) is 14.9 Å². The number of thioether (sulfide) groups is 1. The lowest BCUT2D eigenvalue weighted by Crippen LogP contribution is -2.39. The van der Waals surface area contributed by atoms with Crippen LogP contribution in [-0.4, -0.2) is 26.7 Å². The Kier molecular flexibility index (Phi) is 5.66. The predicted molar refractivity (Wildman–Crippen MR) is 105 cm³/mol. The van der Waals surface area contributed by atoms with Crippen molar-refractivity contribution in [3.8, 4) is 5.69 Å². The lowest BCUT2D eigenvalue weighted by Gasteiger charge is -2.16. The van der Waals surface area contributed by atoms with Gasteiger partial charge in [-0.15, -0.1) is 0 Å². The first-order valence-electron chi connectivity index (χ1n) is 8.02. The molecule has 3 amide bonds. The second-order valence-electron chi connectivity index (χ2n) is 5.76. The van der Waals surface area contributed by atoms with Crippen LogP contribution >= 0.6 is 23.4 Å². The van der Waals surface area contributed by atoms with Gasteiger partial charge in [0.05, 0.1) is 26.9 Å². The molecule has 1 heterocycles. The highest BCUT2D eigenvalue weighted by atomic mass is 35.5. The van der Waals surface area contributed by atoms with Crippen LogP contribution in [0.5, 0.6) is 0 Å². The minimum absolute atomic E-state index is 0.159. The van der Waals surface area contributed by atoms with Crippen molar-refractivity contribution in [1.29, 1.82) is 0 Å². The van der Waals surface area contributed by atoms with Crippen molar-refractivity contribution in [2.45, 2.75) is 17.3 Å². The van der Waals surface area contributed by atoms with E-state index < -0.39 is 28.6 Å². The van der Waals surface area contributed by atoms with Gasteiger partial charge < -0.3 is 5.73 Å². The normalized spacial score (nSPS) is 12.0. The molecule has 10 heteroatoms. The number of aromatic nitrogens is 2. The Morgan fingerprint density at radius 2 is 2.00 bits per heavy atom. The summed E-state index contributed by atoms with van der Waals surface area (Å²) >= 11 is 6.82. The molecule has 7 nitrogen and oxygen atoms in total. The average molecular weight is 421 g/mol. The van der Waals surface area contributed by atoms with E-state index in [-0.39, 0.29) is 10.2 Å². The molecule has 1 atom stereocenters. The molecule has 0 unspecified atom stereocenters. The maximum absolute atomic E-state index is 13.6. The van der Waals surface area contributed by atoms with E-state index in [9.17, 15) is 18.8 Å². The number of nitrogens with one attached hydrogen (secondary N) is 1. The first kappa shape index (κ1) is 19.8. The van der Waals surface area contributed by atoms with Crippen LogP contribution in [0.1, 0.15) is 6.92 Å². The first-order valence-corrected chi connectivity index (χ1v) is 9.28. The fraction of sp³-hybridized carbons (Fsp3) is 0.111. The lowest BCUT2D eigenvalue weighted by atomic mass is 10.2. The van der Waals surface area contributed by atoms with E-state index in [1.54, 1.807) is 24.3 Å². The Balaban J connectivity index is 2.17. The Bertz CT molecular complexity index is 1150. The number of halogens is 2. The van der Waals surface area contributed by atoms with Crippen molar-refractivity contribution in [2.24, 2.45) is 5.73 Å². The summed E-state index contributed by atoms with van der Waals surface area (Å²) in [6, 6.07) is 9.54. The van der Waals surface area contributed by atoms with Gasteiger partial charge in [0.2, 0.25) is 5.91 Å². The second-order valence-corrected chi connectivity index (χ2v) is 7.48. The second kappa shape index (κ2) is 7.99. The van der Waals surface area contributed by atoms with Crippen LogP contribution in [0.25, 0.3) is 16.6 Å². The highest BCUT2D eigenvalue weighted by Gasteiger charge is 2.21. The van der Waals surface area contributed by atoms with E-state index in [2.05, 4.69) is 4.98 Å². The number of benzene rings is 2. The van der Waals surface area contributed by atoms with E-state index in [1.165, 1.54) is 23.6 Å². The van der Waals surface area contributed by atoms with Crippen molar-refractivity contribution in [2.75, 3.05) is 0 Å². The zero-order valence-electron chi connectivity index (χ0n) is 14.5. The summed E-state index contributed by atoms with van der Waals surface area (Å²) in [6.45, 7) is 1.53. The maximum atomic E-state index is 13.6. The van der Waals surface area contributed by atoms with Crippen LogP contribution in [0.15, 0.2) is 52.4 Å². The number of nitrogens with two attached hydrogens (primary N) is 1. The smallest absolute Gasteiger partial charge is 0.318 e. The third-order valence-electron chi connectivity index (χ3n) is 3.80.